The lowest BCUT2D eigenvalue weighted by Crippen LogP contribution is -2.60. The molecule has 0 aromatic heterocycles. The van der Waals surface area contributed by atoms with E-state index in [0.29, 0.717) is 32.2 Å². The van der Waals surface area contributed by atoms with Crippen LogP contribution in [0.15, 0.2) is 0 Å². The van der Waals surface area contributed by atoms with Crippen LogP contribution in [-0.2, 0) is 19.2 Å². The smallest absolute Gasteiger partial charge is 0.326 e. The first-order valence-electron chi connectivity index (χ1n) is 12.5. The van der Waals surface area contributed by atoms with E-state index in [-0.39, 0.29) is 24.2 Å². The van der Waals surface area contributed by atoms with Crippen molar-refractivity contribution in [2.75, 3.05) is 6.54 Å². The number of rotatable bonds is 17. The van der Waals surface area contributed by atoms with Gasteiger partial charge in [0.25, 0.3) is 0 Å². The van der Waals surface area contributed by atoms with Crippen LogP contribution in [0, 0.1) is 17.8 Å². The Morgan fingerprint density at radius 1 is 0.794 bits per heavy atom. The number of carbonyl (C=O) groups is 4. The molecule has 0 rings (SSSR count). The SMILES string of the molecule is CCC(C)C(NC(=O)C(N)CCCCN)C(=O)NC(C(=O)NC(CC(C)C)C(=O)O)C(C)CC. The summed E-state index contributed by atoms with van der Waals surface area (Å²) in [7, 11) is 0. The standard InChI is InChI=1S/C24H47N5O5/c1-7-15(5)19(22(31)27-18(24(33)34)13-14(3)4)29-23(32)20(16(6)8-2)28-21(30)17(26)11-9-10-12-25/h14-20H,7-13,25-26H2,1-6H3,(H,27,31)(H,28,30)(H,29,32)(H,33,34). The van der Waals surface area contributed by atoms with Gasteiger partial charge in [0.1, 0.15) is 18.1 Å². The molecule has 0 aliphatic carbocycles. The minimum absolute atomic E-state index is 0.0668. The second kappa shape index (κ2) is 16.4. The summed E-state index contributed by atoms with van der Waals surface area (Å²) >= 11 is 0. The molecule has 0 aliphatic rings. The second-order valence-electron chi connectivity index (χ2n) is 9.66. The minimum atomic E-state index is -1.12. The highest BCUT2D eigenvalue weighted by Gasteiger charge is 2.34. The first kappa shape index (κ1) is 31.8. The molecule has 0 radical (unpaired) electrons. The lowest BCUT2D eigenvalue weighted by Gasteiger charge is -2.30. The number of carboxylic acid groups (broad SMARTS) is 1. The van der Waals surface area contributed by atoms with Gasteiger partial charge in [-0.1, -0.05) is 60.8 Å². The van der Waals surface area contributed by atoms with Crippen molar-refractivity contribution in [1.82, 2.24) is 16.0 Å². The average Bonchev–Trinajstić information content (AvgIpc) is 2.78. The molecule has 10 heteroatoms. The van der Waals surface area contributed by atoms with Crippen LogP contribution in [0.3, 0.4) is 0 Å². The maximum absolute atomic E-state index is 13.2. The zero-order valence-corrected chi connectivity index (χ0v) is 21.7. The van der Waals surface area contributed by atoms with E-state index in [1.807, 2.05) is 41.5 Å². The maximum Gasteiger partial charge on any atom is 0.326 e. The molecule has 6 atom stereocenters. The number of unbranched alkanes of at least 4 members (excludes halogenated alkanes) is 1. The van der Waals surface area contributed by atoms with Crippen molar-refractivity contribution in [3.8, 4) is 0 Å². The van der Waals surface area contributed by atoms with E-state index in [1.54, 1.807) is 0 Å². The third-order valence-electron chi connectivity index (χ3n) is 6.21. The molecular formula is C24H47N5O5. The number of nitrogens with one attached hydrogen (secondary N) is 3. The van der Waals surface area contributed by atoms with E-state index in [0.717, 1.165) is 6.42 Å². The van der Waals surface area contributed by atoms with Gasteiger partial charge >= 0.3 is 5.97 Å². The molecule has 0 aromatic carbocycles. The fourth-order valence-electron chi connectivity index (χ4n) is 3.50. The number of hydrogen-bond acceptors (Lipinski definition) is 6. The molecule has 10 nitrogen and oxygen atoms in total. The summed E-state index contributed by atoms with van der Waals surface area (Å²) in [5, 5.41) is 17.6. The summed E-state index contributed by atoms with van der Waals surface area (Å²) in [4.78, 5) is 50.4. The fraction of sp³-hybridized carbons (Fsp3) is 0.833. The first-order chi connectivity index (χ1) is 15.9. The quantitative estimate of drug-likeness (QED) is 0.167. The zero-order chi connectivity index (χ0) is 26.4. The number of hydrogen-bond donors (Lipinski definition) is 6. The van der Waals surface area contributed by atoms with Gasteiger partial charge in [-0.05, 0) is 43.6 Å². The topological polar surface area (TPSA) is 177 Å². The van der Waals surface area contributed by atoms with Crippen LogP contribution in [0.5, 0.6) is 0 Å². The van der Waals surface area contributed by atoms with Gasteiger partial charge in [-0.15, -0.1) is 0 Å². The summed E-state index contributed by atoms with van der Waals surface area (Å²) in [6.45, 7) is 11.7. The number of carbonyl (C=O) groups excluding carboxylic acids is 3. The van der Waals surface area contributed by atoms with Crippen molar-refractivity contribution in [3.05, 3.63) is 0 Å². The van der Waals surface area contributed by atoms with E-state index >= 15 is 0 Å². The molecule has 3 amide bonds. The molecule has 34 heavy (non-hydrogen) atoms. The molecule has 6 unspecified atom stereocenters. The highest BCUT2D eigenvalue weighted by Crippen LogP contribution is 2.14. The van der Waals surface area contributed by atoms with E-state index < -0.39 is 47.9 Å². The van der Waals surface area contributed by atoms with Crippen molar-refractivity contribution in [2.24, 2.45) is 29.2 Å². The van der Waals surface area contributed by atoms with Crippen LogP contribution >= 0.6 is 0 Å². The Morgan fingerprint density at radius 3 is 1.68 bits per heavy atom. The van der Waals surface area contributed by atoms with Crippen molar-refractivity contribution in [2.45, 2.75) is 104 Å². The van der Waals surface area contributed by atoms with E-state index in [9.17, 15) is 24.3 Å². The Balaban J connectivity index is 5.52. The Hall–Kier alpha value is -2.20. The number of carboxylic acids is 1. The Kier molecular flexibility index (Phi) is 15.4. The van der Waals surface area contributed by atoms with Gasteiger partial charge in [-0.2, -0.15) is 0 Å². The summed E-state index contributed by atoms with van der Waals surface area (Å²) in [5.41, 5.74) is 11.5. The average molecular weight is 486 g/mol. The predicted molar refractivity (Wildman–Crippen MR) is 133 cm³/mol. The van der Waals surface area contributed by atoms with Gasteiger partial charge in [0.05, 0.1) is 6.04 Å². The maximum atomic E-state index is 13.2. The van der Waals surface area contributed by atoms with Gasteiger partial charge < -0.3 is 32.5 Å². The van der Waals surface area contributed by atoms with Gasteiger partial charge in [-0.3, -0.25) is 14.4 Å². The predicted octanol–water partition coefficient (Wildman–Crippen LogP) is 1.12. The van der Waals surface area contributed by atoms with Crippen molar-refractivity contribution >= 4 is 23.7 Å². The van der Waals surface area contributed by atoms with Crippen molar-refractivity contribution in [3.63, 3.8) is 0 Å². The van der Waals surface area contributed by atoms with Crippen LogP contribution in [0.1, 0.15) is 80.1 Å². The molecule has 0 aliphatic heterocycles. The third-order valence-corrected chi connectivity index (χ3v) is 6.21. The molecular weight excluding hydrogens is 438 g/mol. The zero-order valence-electron chi connectivity index (χ0n) is 21.7. The monoisotopic (exact) mass is 485 g/mol. The van der Waals surface area contributed by atoms with Crippen LogP contribution < -0.4 is 27.4 Å². The normalized spacial score (nSPS) is 16.6. The van der Waals surface area contributed by atoms with Gasteiger partial charge in [0.2, 0.25) is 17.7 Å². The number of nitrogens with two attached hydrogens (primary N) is 2. The molecule has 8 N–H and O–H groups in total. The highest BCUT2D eigenvalue weighted by molar-refractivity contribution is 5.94. The van der Waals surface area contributed by atoms with Gasteiger partial charge in [0.15, 0.2) is 0 Å². The summed E-state index contributed by atoms with van der Waals surface area (Å²) in [6, 6.07) is -3.61. The van der Waals surface area contributed by atoms with Gasteiger partial charge in [-0.25, -0.2) is 4.79 Å². The molecule has 0 aromatic rings. The molecule has 0 fully saturated rings. The lowest BCUT2D eigenvalue weighted by molar-refractivity contribution is -0.143. The summed E-state index contributed by atoms with van der Waals surface area (Å²) in [5.74, 6) is -2.97. The lowest BCUT2D eigenvalue weighted by atomic mass is 9.94. The number of aliphatic carboxylic acids is 1. The second-order valence-corrected chi connectivity index (χ2v) is 9.66. The third kappa shape index (κ3) is 11.3. The van der Waals surface area contributed by atoms with Crippen LogP contribution in [-0.4, -0.2) is 59.5 Å². The molecule has 0 bridgehead atoms. The van der Waals surface area contributed by atoms with E-state index in [2.05, 4.69) is 16.0 Å². The highest BCUT2D eigenvalue weighted by atomic mass is 16.4. The Morgan fingerprint density at radius 2 is 1.26 bits per heavy atom. The molecule has 0 saturated heterocycles. The largest absolute Gasteiger partial charge is 0.480 e. The van der Waals surface area contributed by atoms with Crippen LogP contribution in [0.2, 0.25) is 0 Å². The molecule has 0 heterocycles. The van der Waals surface area contributed by atoms with E-state index in [1.165, 1.54) is 0 Å². The molecule has 198 valence electrons. The van der Waals surface area contributed by atoms with Crippen LogP contribution in [0.25, 0.3) is 0 Å². The minimum Gasteiger partial charge on any atom is -0.480 e. The van der Waals surface area contributed by atoms with E-state index in [4.69, 9.17) is 11.5 Å². The molecule has 0 saturated carbocycles. The Bertz CT molecular complexity index is 658. The summed E-state index contributed by atoms with van der Waals surface area (Å²) < 4.78 is 0. The summed E-state index contributed by atoms with van der Waals surface area (Å²) in [6.07, 6.45) is 3.42. The molecule has 0 spiro atoms. The first-order valence-corrected chi connectivity index (χ1v) is 12.5. The van der Waals surface area contributed by atoms with Crippen molar-refractivity contribution in [1.29, 1.82) is 0 Å². The van der Waals surface area contributed by atoms with Crippen molar-refractivity contribution < 1.29 is 24.3 Å². The fourth-order valence-corrected chi connectivity index (χ4v) is 3.50. The number of amides is 3. The Labute approximate surface area is 204 Å². The van der Waals surface area contributed by atoms with Gasteiger partial charge in [0, 0.05) is 0 Å². The van der Waals surface area contributed by atoms with Crippen LogP contribution in [0.4, 0.5) is 0 Å².